The van der Waals surface area contributed by atoms with E-state index < -0.39 is 0 Å². The number of hydrogen-bond acceptors (Lipinski definition) is 2. The highest BCUT2D eigenvalue weighted by Gasteiger charge is 2.25. The van der Waals surface area contributed by atoms with Gasteiger partial charge in [-0.1, -0.05) is 34.1 Å². The molecule has 2 heteroatoms. The van der Waals surface area contributed by atoms with E-state index in [9.17, 15) is 5.11 Å². The molecule has 0 bridgehead atoms. The summed E-state index contributed by atoms with van der Waals surface area (Å²) in [6.45, 7) is 10.2. The van der Waals surface area contributed by atoms with E-state index in [0.717, 1.165) is 24.8 Å². The first kappa shape index (κ1) is 15.0. The van der Waals surface area contributed by atoms with Gasteiger partial charge in [-0.25, -0.2) is 0 Å². The lowest BCUT2D eigenvalue weighted by Gasteiger charge is -2.25. The second kappa shape index (κ2) is 7.38. The number of nitrogens with one attached hydrogen (secondary N) is 1. The molecule has 1 rings (SSSR count). The lowest BCUT2D eigenvalue weighted by molar-refractivity contribution is 0.128. The van der Waals surface area contributed by atoms with Crippen LogP contribution in [0.25, 0.3) is 0 Å². The summed E-state index contributed by atoms with van der Waals surface area (Å²) in [5.41, 5.74) is 0. The first-order valence-corrected chi connectivity index (χ1v) is 7.40. The molecule has 2 atom stereocenters. The summed E-state index contributed by atoms with van der Waals surface area (Å²) in [4.78, 5) is 0. The lowest BCUT2D eigenvalue weighted by atomic mass is 9.95. The van der Waals surface area contributed by atoms with Crippen LogP contribution in [0.5, 0.6) is 0 Å². The quantitative estimate of drug-likeness (QED) is 0.717. The second-order valence-corrected chi connectivity index (χ2v) is 6.62. The summed E-state index contributed by atoms with van der Waals surface area (Å²) in [6.07, 6.45) is 5.85. The Morgan fingerprint density at radius 2 is 1.65 bits per heavy atom. The van der Waals surface area contributed by atoms with E-state index in [1.54, 1.807) is 0 Å². The van der Waals surface area contributed by atoms with E-state index >= 15 is 0 Å². The van der Waals surface area contributed by atoms with Crippen LogP contribution >= 0.6 is 0 Å². The number of aliphatic hydroxyl groups excluding tert-OH is 1. The van der Waals surface area contributed by atoms with Crippen molar-refractivity contribution in [2.24, 2.45) is 17.8 Å². The maximum atomic E-state index is 9.83. The van der Waals surface area contributed by atoms with Crippen LogP contribution in [-0.4, -0.2) is 23.8 Å². The molecule has 0 heterocycles. The van der Waals surface area contributed by atoms with Crippen LogP contribution in [-0.2, 0) is 0 Å². The Labute approximate surface area is 107 Å². The van der Waals surface area contributed by atoms with E-state index in [1.165, 1.54) is 25.7 Å². The zero-order chi connectivity index (χ0) is 12.8. The maximum Gasteiger partial charge on any atom is 0.0580 e. The van der Waals surface area contributed by atoms with Gasteiger partial charge in [0, 0.05) is 12.6 Å². The van der Waals surface area contributed by atoms with Gasteiger partial charge in [-0.05, 0) is 43.4 Å². The lowest BCUT2D eigenvalue weighted by Crippen LogP contribution is -2.37. The molecule has 17 heavy (non-hydrogen) atoms. The summed E-state index contributed by atoms with van der Waals surface area (Å²) in [5, 5.41) is 13.5. The fourth-order valence-electron chi connectivity index (χ4n) is 2.97. The van der Waals surface area contributed by atoms with Crippen molar-refractivity contribution in [3.05, 3.63) is 0 Å². The van der Waals surface area contributed by atoms with Gasteiger partial charge < -0.3 is 10.4 Å². The van der Waals surface area contributed by atoms with Crippen LogP contribution in [0.4, 0.5) is 0 Å². The van der Waals surface area contributed by atoms with Crippen molar-refractivity contribution in [3.8, 4) is 0 Å². The van der Waals surface area contributed by atoms with Crippen LogP contribution in [0, 0.1) is 17.8 Å². The van der Waals surface area contributed by atoms with E-state index in [4.69, 9.17) is 0 Å². The smallest absolute Gasteiger partial charge is 0.0580 e. The zero-order valence-electron chi connectivity index (χ0n) is 12.1. The van der Waals surface area contributed by atoms with Gasteiger partial charge in [-0.3, -0.25) is 0 Å². The van der Waals surface area contributed by atoms with Gasteiger partial charge in [0.2, 0.25) is 0 Å². The number of rotatable bonds is 7. The normalized spacial score (nSPS) is 25.4. The average molecular weight is 241 g/mol. The third-order valence-corrected chi connectivity index (χ3v) is 3.80. The molecule has 2 nitrogen and oxygen atoms in total. The average Bonchev–Trinajstić information content (AvgIpc) is 2.59. The molecule has 0 aliphatic heterocycles. The van der Waals surface area contributed by atoms with E-state index in [2.05, 4.69) is 33.0 Å². The van der Waals surface area contributed by atoms with Gasteiger partial charge in [0.1, 0.15) is 0 Å². The van der Waals surface area contributed by atoms with Crippen LogP contribution in [0.3, 0.4) is 0 Å². The Morgan fingerprint density at radius 3 is 2.06 bits per heavy atom. The van der Waals surface area contributed by atoms with Crippen molar-refractivity contribution in [1.82, 2.24) is 5.32 Å². The molecule has 1 fully saturated rings. The molecule has 102 valence electrons. The molecular formula is C15H31NO. The molecule has 0 aromatic heterocycles. The fraction of sp³-hybridized carbons (Fsp3) is 1.00. The first-order chi connectivity index (χ1) is 7.99. The van der Waals surface area contributed by atoms with E-state index in [1.807, 2.05) is 0 Å². The Morgan fingerprint density at radius 1 is 1.06 bits per heavy atom. The van der Waals surface area contributed by atoms with Crippen molar-refractivity contribution in [1.29, 1.82) is 0 Å². The van der Waals surface area contributed by atoms with Gasteiger partial charge in [0.25, 0.3) is 0 Å². The Kier molecular flexibility index (Phi) is 6.50. The largest absolute Gasteiger partial charge is 0.393 e. The summed E-state index contributed by atoms with van der Waals surface area (Å²) in [7, 11) is 0. The number of hydrogen-bond donors (Lipinski definition) is 2. The predicted octanol–water partition coefficient (Wildman–Crippen LogP) is 3.20. The monoisotopic (exact) mass is 241 g/mol. The molecule has 1 saturated carbocycles. The van der Waals surface area contributed by atoms with Crippen molar-refractivity contribution < 1.29 is 5.11 Å². The highest BCUT2D eigenvalue weighted by molar-refractivity contribution is 4.80. The SMILES string of the molecule is CC(C)CC(CC(C)C)NCC1CCCC1O. The van der Waals surface area contributed by atoms with Gasteiger partial charge in [-0.2, -0.15) is 0 Å². The summed E-state index contributed by atoms with van der Waals surface area (Å²) in [5.74, 6) is 2.00. The van der Waals surface area contributed by atoms with E-state index in [0.29, 0.717) is 12.0 Å². The molecule has 0 radical (unpaired) electrons. The predicted molar refractivity (Wildman–Crippen MR) is 74.0 cm³/mol. The van der Waals surface area contributed by atoms with Crippen molar-refractivity contribution in [2.45, 2.75) is 71.9 Å². The van der Waals surface area contributed by atoms with Crippen molar-refractivity contribution in [3.63, 3.8) is 0 Å². The van der Waals surface area contributed by atoms with Crippen LogP contribution in [0.15, 0.2) is 0 Å². The highest BCUT2D eigenvalue weighted by Crippen LogP contribution is 2.25. The fourth-order valence-corrected chi connectivity index (χ4v) is 2.97. The third-order valence-electron chi connectivity index (χ3n) is 3.80. The summed E-state index contributed by atoms with van der Waals surface area (Å²) >= 11 is 0. The third kappa shape index (κ3) is 5.87. The Hall–Kier alpha value is -0.0800. The maximum absolute atomic E-state index is 9.83. The van der Waals surface area contributed by atoms with Gasteiger partial charge in [-0.15, -0.1) is 0 Å². The molecule has 2 unspecified atom stereocenters. The Bertz CT molecular complexity index is 193. The molecule has 0 amide bonds. The molecule has 0 aromatic rings. The van der Waals surface area contributed by atoms with Crippen molar-refractivity contribution >= 4 is 0 Å². The number of aliphatic hydroxyl groups is 1. The standard InChI is InChI=1S/C15H31NO/c1-11(2)8-14(9-12(3)4)16-10-13-6-5-7-15(13)17/h11-17H,5-10H2,1-4H3. The summed E-state index contributed by atoms with van der Waals surface area (Å²) < 4.78 is 0. The van der Waals surface area contributed by atoms with Gasteiger partial charge in [0.15, 0.2) is 0 Å². The topological polar surface area (TPSA) is 32.3 Å². The van der Waals surface area contributed by atoms with Crippen LogP contribution in [0.2, 0.25) is 0 Å². The van der Waals surface area contributed by atoms with Crippen LogP contribution < -0.4 is 5.32 Å². The second-order valence-electron chi connectivity index (χ2n) is 6.62. The van der Waals surface area contributed by atoms with Gasteiger partial charge >= 0.3 is 0 Å². The first-order valence-electron chi connectivity index (χ1n) is 7.40. The molecule has 2 N–H and O–H groups in total. The molecule has 0 saturated heterocycles. The van der Waals surface area contributed by atoms with Crippen molar-refractivity contribution in [2.75, 3.05) is 6.54 Å². The van der Waals surface area contributed by atoms with Gasteiger partial charge in [0.05, 0.1) is 6.10 Å². The molecule has 1 aliphatic carbocycles. The zero-order valence-corrected chi connectivity index (χ0v) is 12.1. The molecule has 0 spiro atoms. The summed E-state index contributed by atoms with van der Waals surface area (Å²) in [6, 6.07) is 0.628. The Balaban J connectivity index is 2.31. The molecular weight excluding hydrogens is 210 g/mol. The van der Waals surface area contributed by atoms with Crippen LogP contribution in [0.1, 0.15) is 59.8 Å². The minimum atomic E-state index is -0.0544. The minimum Gasteiger partial charge on any atom is -0.393 e. The highest BCUT2D eigenvalue weighted by atomic mass is 16.3. The van der Waals surface area contributed by atoms with E-state index in [-0.39, 0.29) is 6.10 Å². The minimum absolute atomic E-state index is 0.0544. The molecule has 0 aromatic carbocycles. The molecule has 1 aliphatic rings.